The monoisotopic (exact) mass is 1120 g/mol. The average molecular weight is 1120 g/mol. The fourth-order valence-electron chi connectivity index (χ4n) is 8.81. The summed E-state index contributed by atoms with van der Waals surface area (Å²) >= 11 is 0. The van der Waals surface area contributed by atoms with Gasteiger partial charge in [-0.3, -0.25) is 0 Å². The Morgan fingerprint density at radius 1 is 0.210 bits per heavy atom. The van der Waals surface area contributed by atoms with E-state index in [1.807, 2.05) is 273 Å². The molecule has 9 aromatic carbocycles. The number of rotatable bonds is 15. The van der Waals surface area contributed by atoms with Crippen LogP contribution in [0.25, 0.3) is 0 Å². The summed E-state index contributed by atoms with van der Waals surface area (Å²) in [4.78, 5) is 47.4. The molecule has 0 unspecified atom stereocenters. The van der Waals surface area contributed by atoms with E-state index in [0.29, 0.717) is 0 Å². The van der Waals surface area contributed by atoms with E-state index in [9.17, 15) is 14.4 Å². The number of hydrogen-bond donors (Lipinski definition) is 0. The van der Waals surface area contributed by atoms with Gasteiger partial charge in [0.2, 0.25) is 17.3 Å². The summed E-state index contributed by atoms with van der Waals surface area (Å²) < 4.78 is 34.7. The zero-order chi connectivity index (χ0) is 55.6. The van der Waals surface area contributed by atoms with Crippen LogP contribution in [0.3, 0.4) is 0 Å². The second kappa shape index (κ2) is 26.3. The quantitative estimate of drug-likeness (QED) is 0.0988. The van der Waals surface area contributed by atoms with Gasteiger partial charge in [-0.25, -0.2) is 14.4 Å². The van der Waals surface area contributed by atoms with E-state index >= 15 is 0 Å². The maximum absolute atomic E-state index is 12.9. The topological polar surface area (TPSA) is 118 Å². The minimum atomic E-state index is -2.27. The standard InChI is InChI=1S/3C23H18O3S/c3*24-23(22-17-10-18-25-22)26-27(19-11-4-1-5-12-19,20-13-6-2-7-14-20)21-15-8-3-9-16-21/h3*1-18H. The molecular formula is C69H54O9S3. The molecule has 0 aliphatic rings. The number of benzene rings is 9. The lowest BCUT2D eigenvalue weighted by molar-refractivity contribution is 0.0715. The molecular weight excluding hydrogens is 1070 g/mol. The highest BCUT2D eigenvalue weighted by molar-refractivity contribution is 8.31. The van der Waals surface area contributed by atoms with Gasteiger partial charge in [0, 0.05) is 44.1 Å². The van der Waals surface area contributed by atoms with Crippen LogP contribution in [0.2, 0.25) is 0 Å². The Morgan fingerprint density at radius 3 is 0.481 bits per heavy atom. The Kier molecular flexibility index (Phi) is 17.7. The molecule has 9 nitrogen and oxygen atoms in total. The summed E-state index contributed by atoms with van der Waals surface area (Å²) in [5.41, 5.74) is 0. The molecule has 0 spiro atoms. The molecule has 3 heterocycles. The molecule has 12 heteroatoms. The van der Waals surface area contributed by atoms with Crippen LogP contribution in [-0.4, -0.2) is 17.9 Å². The van der Waals surface area contributed by atoms with E-state index in [4.69, 9.17) is 25.8 Å². The molecule has 0 saturated carbocycles. The van der Waals surface area contributed by atoms with Gasteiger partial charge in [-0.15, -0.1) is 0 Å². The summed E-state index contributed by atoms with van der Waals surface area (Å²) in [5, 5.41) is 0. The summed E-state index contributed by atoms with van der Waals surface area (Å²) in [6.07, 6.45) is 4.42. The third-order valence-electron chi connectivity index (χ3n) is 12.4. The van der Waals surface area contributed by atoms with E-state index in [2.05, 4.69) is 0 Å². The fourth-order valence-corrected chi connectivity index (χ4v) is 17.9. The van der Waals surface area contributed by atoms with Gasteiger partial charge in [-0.05, 0) is 177 Å². The van der Waals surface area contributed by atoms with E-state index in [-0.39, 0.29) is 17.3 Å². The normalized spacial score (nSPS) is 11.7. The lowest BCUT2D eigenvalue weighted by Gasteiger charge is -2.39. The molecule has 0 radical (unpaired) electrons. The largest absolute Gasteiger partial charge is 0.457 e. The van der Waals surface area contributed by atoms with Gasteiger partial charge >= 0.3 is 17.9 Å². The van der Waals surface area contributed by atoms with Crippen LogP contribution in [-0.2, 0) is 12.5 Å². The summed E-state index contributed by atoms with van der Waals surface area (Å²) in [5.74, 6) is -0.872. The van der Waals surface area contributed by atoms with Crippen molar-refractivity contribution < 1.29 is 40.2 Å². The summed E-state index contributed by atoms with van der Waals surface area (Å²) in [6.45, 7) is 0. The Bertz CT molecular complexity index is 3110. The first-order valence-electron chi connectivity index (χ1n) is 25.7. The van der Waals surface area contributed by atoms with E-state index in [1.165, 1.54) is 18.8 Å². The van der Waals surface area contributed by atoms with E-state index in [1.54, 1.807) is 36.4 Å². The Morgan fingerprint density at radius 2 is 0.358 bits per heavy atom. The van der Waals surface area contributed by atoms with Crippen LogP contribution in [0.4, 0.5) is 0 Å². The van der Waals surface area contributed by atoms with Crippen molar-refractivity contribution in [3.05, 3.63) is 345 Å². The first-order valence-corrected chi connectivity index (χ1v) is 30.4. The molecule has 402 valence electrons. The molecule has 0 atom stereocenters. The number of hydrogen-bond acceptors (Lipinski definition) is 9. The maximum Gasteiger partial charge on any atom is 0.385 e. The molecule has 0 amide bonds. The summed E-state index contributed by atoms with van der Waals surface area (Å²) in [7, 11) is -6.80. The predicted molar refractivity (Wildman–Crippen MR) is 318 cm³/mol. The number of carbonyl (C=O) groups excluding carboxylic acids is 3. The minimum Gasteiger partial charge on any atom is -0.457 e. The average Bonchev–Trinajstić information content (AvgIpc) is 4.48. The Balaban J connectivity index is 0.000000136. The molecule has 0 aliphatic heterocycles. The van der Waals surface area contributed by atoms with Crippen LogP contribution in [0, 0.1) is 0 Å². The van der Waals surface area contributed by atoms with Crippen molar-refractivity contribution in [3.8, 4) is 0 Å². The minimum absolute atomic E-state index is 0.190. The summed E-state index contributed by atoms with van der Waals surface area (Å²) in [6, 6.07) is 98.9. The Hall–Kier alpha value is -9.72. The zero-order valence-electron chi connectivity index (χ0n) is 43.6. The number of furan rings is 3. The van der Waals surface area contributed by atoms with Gasteiger partial charge in [-0.1, -0.05) is 164 Å². The van der Waals surface area contributed by atoms with Crippen LogP contribution >= 0.6 is 30.9 Å². The van der Waals surface area contributed by atoms with Gasteiger partial charge in [0.25, 0.3) is 0 Å². The molecule has 12 rings (SSSR count). The van der Waals surface area contributed by atoms with Gasteiger partial charge in [0.1, 0.15) is 0 Å². The molecule has 3 aromatic heterocycles. The lowest BCUT2D eigenvalue weighted by Crippen LogP contribution is -2.13. The van der Waals surface area contributed by atoms with Crippen molar-refractivity contribution in [2.75, 3.05) is 0 Å². The molecule has 0 bridgehead atoms. The SMILES string of the molecule is O=C(OS(c1ccccc1)(c1ccccc1)c1ccccc1)c1ccco1.O=C(OS(c1ccccc1)(c1ccccc1)c1ccccc1)c1ccco1.O=C(OS(c1ccccc1)(c1ccccc1)c1ccccc1)c1ccco1. The highest BCUT2D eigenvalue weighted by Gasteiger charge is 2.39. The lowest BCUT2D eigenvalue weighted by atomic mass is 10.4. The Labute approximate surface area is 475 Å². The zero-order valence-corrected chi connectivity index (χ0v) is 46.0. The van der Waals surface area contributed by atoms with Crippen LogP contribution in [0.1, 0.15) is 31.7 Å². The fraction of sp³-hybridized carbons (Fsp3) is 0. The third kappa shape index (κ3) is 12.1. The maximum atomic E-state index is 12.9. The molecule has 0 saturated heterocycles. The second-order valence-corrected chi connectivity index (χ2v) is 25.6. The molecule has 0 aliphatic carbocycles. The second-order valence-electron chi connectivity index (χ2n) is 17.5. The first-order chi connectivity index (χ1) is 39.9. The van der Waals surface area contributed by atoms with Gasteiger partial charge in [0.05, 0.1) is 18.8 Å². The van der Waals surface area contributed by atoms with Crippen LogP contribution in [0.5, 0.6) is 0 Å². The van der Waals surface area contributed by atoms with Gasteiger partial charge in [0.15, 0.2) is 0 Å². The smallest absolute Gasteiger partial charge is 0.385 e. The molecule has 12 aromatic rings. The van der Waals surface area contributed by atoms with Gasteiger partial charge < -0.3 is 25.8 Å². The highest BCUT2D eigenvalue weighted by atomic mass is 32.3. The van der Waals surface area contributed by atoms with Crippen LogP contribution in [0.15, 0.2) is 385 Å². The molecule has 0 fully saturated rings. The van der Waals surface area contributed by atoms with Crippen molar-refractivity contribution in [1.82, 2.24) is 0 Å². The molecule has 81 heavy (non-hydrogen) atoms. The molecule has 0 N–H and O–H groups in total. The van der Waals surface area contributed by atoms with Crippen molar-refractivity contribution >= 4 is 48.8 Å². The highest BCUT2D eigenvalue weighted by Crippen LogP contribution is 2.71. The van der Waals surface area contributed by atoms with Crippen molar-refractivity contribution in [3.63, 3.8) is 0 Å². The van der Waals surface area contributed by atoms with Gasteiger partial charge in [-0.2, -0.15) is 0 Å². The third-order valence-corrected chi connectivity index (χ3v) is 22.1. The van der Waals surface area contributed by atoms with Crippen molar-refractivity contribution in [2.45, 2.75) is 44.1 Å². The van der Waals surface area contributed by atoms with Crippen LogP contribution < -0.4 is 0 Å². The number of carbonyl (C=O) groups is 3. The van der Waals surface area contributed by atoms with E-state index < -0.39 is 48.8 Å². The first kappa shape index (κ1) is 54.6. The van der Waals surface area contributed by atoms with Crippen molar-refractivity contribution in [2.24, 2.45) is 0 Å². The predicted octanol–water partition coefficient (Wildman–Crippen LogP) is 19.0. The van der Waals surface area contributed by atoms with E-state index in [0.717, 1.165) is 44.1 Å². The van der Waals surface area contributed by atoms with Crippen molar-refractivity contribution in [1.29, 1.82) is 0 Å².